The Morgan fingerprint density at radius 3 is 2.09 bits per heavy atom. The largest absolute Gasteiger partial charge is 0.463 e. The van der Waals surface area contributed by atoms with Crippen LogP contribution in [0.5, 0.6) is 0 Å². The zero-order chi connectivity index (χ0) is 26.3. The molecule has 1 aliphatic rings. The second-order valence-corrected chi connectivity index (χ2v) is 8.01. The van der Waals surface area contributed by atoms with Crippen molar-refractivity contribution in [3.63, 3.8) is 0 Å². The summed E-state index contributed by atoms with van der Waals surface area (Å²) in [5.74, 6) is -3.27. The van der Waals surface area contributed by atoms with E-state index in [2.05, 4.69) is 15.3 Å². The molecule has 1 aromatic rings. The van der Waals surface area contributed by atoms with Gasteiger partial charge >= 0.3 is 23.9 Å². The second kappa shape index (κ2) is 12.3. The van der Waals surface area contributed by atoms with Gasteiger partial charge in [-0.15, -0.1) is 0 Å². The van der Waals surface area contributed by atoms with Crippen molar-refractivity contribution in [3.05, 3.63) is 15.9 Å². The number of rotatable bonds is 9. The number of thioether (sulfide) groups is 1. The van der Waals surface area contributed by atoms with Crippen LogP contribution in [-0.2, 0) is 42.9 Å². The minimum Gasteiger partial charge on any atom is -0.463 e. The standard InChI is InChI=1S/C20H25N3O11S/c1-8(25)30-7-13-14(31-9(2)26)15(32-10(3)27)16(33-11(4)28)19(34-13)21-17-12(6-24)18(29)23-20(22-17)35-5/h6,13-16,19H,7H2,1-5H3,(H2,21,22,23,29)/t13-,14-,15+,16-,19-/m1/s1. The minimum absolute atomic E-state index is 0.161. The Labute approximate surface area is 203 Å². The molecule has 0 aliphatic carbocycles. The molecule has 0 bridgehead atoms. The molecule has 0 aromatic carbocycles. The maximum atomic E-state index is 12.3. The molecular formula is C20H25N3O11S. The van der Waals surface area contributed by atoms with Gasteiger partial charge in [0.1, 0.15) is 24.1 Å². The van der Waals surface area contributed by atoms with Crippen LogP contribution in [0.15, 0.2) is 9.95 Å². The van der Waals surface area contributed by atoms with Crippen molar-refractivity contribution in [3.8, 4) is 0 Å². The van der Waals surface area contributed by atoms with Crippen molar-refractivity contribution in [2.75, 3.05) is 18.2 Å². The maximum absolute atomic E-state index is 12.3. The Balaban J connectivity index is 2.59. The first kappa shape index (κ1) is 27.8. The lowest BCUT2D eigenvalue weighted by Crippen LogP contribution is -2.64. The van der Waals surface area contributed by atoms with E-state index in [1.165, 1.54) is 0 Å². The highest BCUT2D eigenvalue weighted by molar-refractivity contribution is 7.98. The first-order chi connectivity index (χ1) is 16.5. The highest BCUT2D eigenvalue weighted by atomic mass is 32.2. The molecule has 35 heavy (non-hydrogen) atoms. The number of carbonyl (C=O) groups is 5. The van der Waals surface area contributed by atoms with Gasteiger partial charge < -0.3 is 34.0 Å². The monoisotopic (exact) mass is 515 g/mol. The molecule has 1 aliphatic heterocycles. The summed E-state index contributed by atoms with van der Waals surface area (Å²) in [5.41, 5.74) is -1.12. The van der Waals surface area contributed by atoms with Crippen molar-refractivity contribution in [1.29, 1.82) is 0 Å². The van der Waals surface area contributed by atoms with Crippen LogP contribution in [0, 0.1) is 0 Å². The van der Waals surface area contributed by atoms with Crippen LogP contribution in [0.2, 0.25) is 0 Å². The summed E-state index contributed by atoms with van der Waals surface area (Å²) in [6.07, 6.45) is -4.91. The second-order valence-electron chi connectivity index (χ2n) is 7.22. The van der Waals surface area contributed by atoms with Gasteiger partial charge in [-0.2, -0.15) is 0 Å². The van der Waals surface area contributed by atoms with Crippen LogP contribution in [0.3, 0.4) is 0 Å². The number of hydrogen-bond acceptors (Lipinski definition) is 14. The van der Waals surface area contributed by atoms with E-state index in [0.29, 0.717) is 0 Å². The highest BCUT2D eigenvalue weighted by Gasteiger charge is 2.52. The van der Waals surface area contributed by atoms with Crippen LogP contribution in [0.25, 0.3) is 0 Å². The zero-order valence-electron chi connectivity index (χ0n) is 19.5. The minimum atomic E-state index is -1.44. The van der Waals surface area contributed by atoms with E-state index in [-0.39, 0.29) is 22.8 Å². The third-order valence-electron chi connectivity index (χ3n) is 4.51. The van der Waals surface area contributed by atoms with Gasteiger partial charge in [0.15, 0.2) is 36.0 Å². The third-order valence-corrected chi connectivity index (χ3v) is 5.09. The van der Waals surface area contributed by atoms with E-state index >= 15 is 0 Å². The van der Waals surface area contributed by atoms with Gasteiger partial charge in [-0.05, 0) is 6.26 Å². The Kier molecular flexibility index (Phi) is 9.77. The predicted octanol–water partition coefficient (Wildman–Crippen LogP) is -0.201. The summed E-state index contributed by atoms with van der Waals surface area (Å²) < 4.78 is 26.8. The van der Waals surface area contributed by atoms with E-state index in [1.54, 1.807) is 6.26 Å². The Bertz CT molecular complexity index is 1040. The normalized spacial score (nSPS) is 23.5. The molecule has 2 heterocycles. The van der Waals surface area contributed by atoms with Gasteiger partial charge in [-0.25, -0.2) is 4.98 Å². The molecule has 0 unspecified atom stereocenters. The number of nitrogens with one attached hydrogen (secondary N) is 2. The number of carbonyl (C=O) groups excluding carboxylic acids is 5. The zero-order valence-corrected chi connectivity index (χ0v) is 20.3. The summed E-state index contributed by atoms with van der Waals surface area (Å²) >= 11 is 1.08. The van der Waals surface area contributed by atoms with Crippen molar-refractivity contribution in [2.45, 2.75) is 63.5 Å². The molecule has 1 saturated heterocycles. The topological polar surface area (TPSA) is 189 Å². The van der Waals surface area contributed by atoms with Crippen molar-refractivity contribution < 1.29 is 47.7 Å². The molecule has 2 N–H and O–H groups in total. The lowest BCUT2D eigenvalue weighted by Gasteiger charge is -2.44. The van der Waals surface area contributed by atoms with Crippen LogP contribution in [0.4, 0.5) is 5.82 Å². The van der Waals surface area contributed by atoms with E-state index in [0.717, 1.165) is 39.5 Å². The molecule has 5 atom stereocenters. The molecule has 1 fully saturated rings. The van der Waals surface area contributed by atoms with Crippen LogP contribution in [-0.4, -0.2) is 83.6 Å². The molecular weight excluding hydrogens is 490 g/mol. The smallest absolute Gasteiger partial charge is 0.303 e. The summed E-state index contributed by atoms with van der Waals surface area (Å²) in [6.45, 7) is 3.98. The number of aromatic amines is 1. The van der Waals surface area contributed by atoms with Crippen LogP contribution >= 0.6 is 11.8 Å². The fourth-order valence-electron chi connectivity index (χ4n) is 3.26. The summed E-state index contributed by atoms with van der Waals surface area (Å²) in [6, 6.07) is 0. The molecule has 1 aromatic heterocycles. The number of aromatic nitrogens is 2. The van der Waals surface area contributed by atoms with Gasteiger partial charge in [-0.1, -0.05) is 11.8 Å². The average molecular weight is 515 g/mol. The first-order valence-corrected chi connectivity index (χ1v) is 11.4. The van der Waals surface area contributed by atoms with Gasteiger partial charge in [0, 0.05) is 27.7 Å². The number of ether oxygens (including phenoxy) is 5. The van der Waals surface area contributed by atoms with E-state index in [9.17, 15) is 28.8 Å². The molecule has 0 amide bonds. The van der Waals surface area contributed by atoms with Crippen molar-refractivity contribution in [2.24, 2.45) is 0 Å². The SMILES string of the molecule is CSc1nc(N[C@@H]2O[C@H](COC(C)=O)[C@@H](OC(C)=O)[C@H](OC(C)=O)[C@H]2OC(C)=O)c(C=O)c(=O)[nH]1. The first-order valence-electron chi connectivity index (χ1n) is 10.2. The fraction of sp³-hybridized carbons (Fsp3) is 0.550. The number of aldehydes is 1. The predicted molar refractivity (Wildman–Crippen MR) is 118 cm³/mol. The number of esters is 4. The van der Waals surface area contributed by atoms with Gasteiger partial charge in [0.2, 0.25) is 0 Å². The lowest BCUT2D eigenvalue weighted by molar-refractivity contribution is -0.247. The Morgan fingerprint density at radius 2 is 1.57 bits per heavy atom. The number of hydrogen-bond donors (Lipinski definition) is 2. The third kappa shape index (κ3) is 7.51. The summed E-state index contributed by atoms with van der Waals surface area (Å²) in [5, 5.41) is 2.88. The number of H-pyrrole nitrogens is 1. The average Bonchev–Trinajstić information content (AvgIpc) is 2.75. The van der Waals surface area contributed by atoms with Crippen molar-refractivity contribution >= 4 is 47.7 Å². The maximum Gasteiger partial charge on any atom is 0.303 e. The van der Waals surface area contributed by atoms with Gasteiger partial charge in [0.05, 0.1) is 0 Å². The Morgan fingerprint density at radius 1 is 1.00 bits per heavy atom. The molecule has 0 spiro atoms. The molecule has 192 valence electrons. The van der Waals surface area contributed by atoms with Gasteiger partial charge in [-0.3, -0.25) is 28.8 Å². The molecule has 0 radical (unpaired) electrons. The quantitative estimate of drug-likeness (QED) is 0.144. The lowest BCUT2D eigenvalue weighted by atomic mass is 9.97. The number of anilines is 1. The van der Waals surface area contributed by atoms with Gasteiger partial charge in [0.25, 0.3) is 5.56 Å². The molecule has 0 saturated carbocycles. The summed E-state index contributed by atoms with van der Waals surface area (Å²) in [4.78, 5) is 77.4. The van der Waals surface area contributed by atoms with Crippen molar-refractivity contribution in [1.82, 2.24) is 9.97 Å². The van der Waals surface area contributed by atoms with Crippen LogP contribution < -0.4 is 10.9 Å². The van der Waals surface area contributed by atoms with E-state index in [4.69, 9.17) is 23.7 Å². The van der Waals surface area contributed by atoms with E-state index < -0.39 is 66.7 Å². The fourth-order valence-corrected chi connectivity index (χ4v) is 3.63. The highest BCUT2D eigenvalue weighted by Crippen LogP contribution is 2.30. The van der Waals surface area contributed by atoms with Crippen LogP contribution in [0.1, 0.15) is 38.1 Å². The van der Waals surface area contributed by atoms with E-state index in [1.807, 2.05) is 0 Å². The molecule has 15 heteroatoms. The molecule has 14 nitrogen and oxygen atoms in total. The summed E-state index contributed by atoms with van der Waals surface area (Å²) in [7, 11) is 0. The molecule has 2 rings (SSSR count). The Hall–Kier alpha value is -3.46. The number of nitrogens with zero attached hydrogens (tertiary/aromatic N) is 1.